The molecule has 0 heterocycles. The zero-order valence-corrected chi connectivity index (χ0v) is 10.5. The number of phenolic OH excluding ortho intramolecular Hbond substituents is 1. The lowest BCUT2D eigenvalue weighted by Gasteiger charge is -2.12. The van der Waals surface area contributed by atoms with Crippen LogP contribution in [0.25, 0.3) is 0 Å². The van der Waals surface area contributed by atoms with E-state index < -0.39 is 0 Å². The van der Waals surface area contributed by atoms with E-state index in [1.54, 1.807) is 6.07 Å². The molecule has 0 aliphatic heterocycles. The van der Waals surface area contributed by atoms with Gasteiger partial charge < -0.3 is 16.2 Å². The SMILES string of the molecule is Cc1ccc(O)c(CNc2ccccc2CN)c1. The van der Waals surface area contributed by atoms with Crippen LogP contribution in [-0.4, -0.2) is 5.11 Å². The lowest BCUT2D eigenvalue weighted by atomic mass is 10.1. The van der Waals surface area contributed by atoms with Gasteiger partial charge in [0.2, 0.25) is 0 Å². The molecule has 0 aromatic heterocycles. The maximum Gasteiger partial charge on any atom is 0.120 e. The molecule has 3 heteroatoms. The highest BCUT2D eigenvalue weighted by atomic mass is 16.3. The first-order chi connectivity index (χ1) is 8.70. The Bertz CT molecular complexity index is 538. The smallest absolute Gasteiger partial charge is 0.120 e. The molecule has 18 heavy (non-hydrogen) atoms. The fourth-order valence-electron chi connectivity index (χ4n) is 1.92. The predicted octanol–water partition coefficient (Wildman–Crippen LogP) is 2.77. The van der Waals surface area contributed by atoms with Crippen LogP contribution in [0.4, 0.5) is 5.69 Å². The summed E-state index contributed by atoms with van der Waals surface area (Å²) in [6.45, 7) is 3.10. The third-order valence-corrected chi connectivity index (χ3v) is 2.94. The summed E-state index contributed by atoms with van der Waals surface area (Å²) < 4.78 is 0. The van der Waals surface area contributed by atoms with Crippen LogP contribution >= 0.6 is 0 Å². The second kappa shape index (κ2) is 5.56. The largest absolute Gasteiger partial charge is 0.508 e. The predicted molar refractivity (Wildman–Crippen MR) is 74.5 cm³/mol. The molecule has 0 aliphatic rings. The fourth-order valence-corrected chi connectivity index (χ4v) is 1.92. The first kappa shape index (κ1) is 12.5. The zero-order chi connectivity index (χ0) is 13.0. The van der Waals surface area contributed by atoms with Gasteiger partial charge in [-0.25, -0.2) is 0 Å². The van der Waals surface area contributed by atoms with Gasteiger partial charge in [0.1, 0.15) is 5.75 Å². The maximum absolute atomic E-state index is 9.77. The third-order valence-electron chi connectivity index (χ3n) is 2.94. The molecule has 2 aromatic carbocycles. The Morgan fingerprint density at radius 1 is 1.11 bits per heavy atom. The first-order valence-corrected chi connectivity index (χ1v) is 6.01. The van der Waals surface area contributed by atoms with Crippen LogP contribution in [0.2, 0.25) is 0 Å². The molecule has 3 nitrogen and oxygen atoms in total. The Morgan fingerprint density at radius 3 is 2.67 bits per heavy atom. The van der Waals surface area contributed by atoms with Crippen LogP contribution in [0.5, 0.6) is 5.75 Å². The molecule has 0 saturated heterocycles. The second-order valence-electron chi connectivity index (χ2n) is 4.35. The van der Waals surface area contributed by atoms with Crippen molar-refractivity contribution >= 4 is 5.69 Å². The molecule has 0 saturated carbocycles. The van der Waals surface area contributed by atoms with Gasteiger partial charge in [0.05, 0.1) is 0 Å². The summed E-state index contributed by atoms with van der Waals surface area (Å²) in [5.74, 6) is 0.318. The highest BCUT2D eigenvalue weighted by molar-refractivity contribution is 5.52. The summed E-state index contributed by atoms with van der Waals surface area (Å²) in [7, 11) is 0. The lowest BCUT2D eigenvalue weighted by molar-refractivity contribution is 0.469. The third kappa shape index (κ3) is 2.81. The Labute approximate surface area is 107 Å². The molecule has 0 bridgehead atoms. The molecule has 0 atom stereocenters. The van der Waals surface area contributed by atoms with Crippen LogP contribution in [0, 0.1) is 6.92 Å². The van der Waals surface area contributed by atoms with E-state index in [4.69, 9.17) is 5.73 Å². The number of hydrogen-bond acceptors (Lipinski definition) is 3. The van der Waals surface area contributed by atoms with Crippen molar-refractivity contribution in [2.75, 3.05) is 5.32 Å². The van der Waals surface area contributed by atoms with E-state index in [1.807, 2.05) is 43.3 Å². The lowest BCUT2D eigenvalue weighted by Crippen LogP contribution is -2.05. The van der Waals surface area contributed by atoms with Crippen molar-refractivity contribution < 1.29 is 5.11 Å². The van der Waals surface area contributed by atoms with Gasteiger partial charge in [-0.05, 0) is 24.6 Å². The second-order valence-corrected chi connectivity index (χ2v) is 4.35. The van der Waals surface area contributed by atoms with E-state index in [2.05, 4.69) is 5.32 Å². The first-order valence-electron chi connectivity index (χ1n) is 6.01. The average Bonchev–Trinajstić information content (AvgIpc) is 2.40. The summed E-state index contributed by atoms with van der Waals surface area (Å²) in [6.07, 6.45) is 0. The van der Waals surface area contributed by atoms with Crippen molar-refractivity contribution in [3.05, 3.63) is 59.2 Å². The van der Waals surface area contributed by atoms with Gasteiger partial charge in [0, 0.05) is 24.3 Å². The monoisotopic (exact) mass is 242 g/mol. The molecule has 0 aliphatic carbocycles. The molecule has 0 amide bonds. The van der Waals surface area contributed by atoms with E-state index in [1.165, 1.54) is 0 Å². The number of nitrogens with one attached hydrogen (secondary N) is 1. The average molecular weight is 242 g/mol. The Kier molecular flexibility index (Phi) is 3.85. The summed E-state index contributed by atoms with van der Waals surface area (Å²) >= 11 is 0. The molecule has 2 rings (SSSR count). The number of hydrogen-bond donors (Lipinski definition) is 3. The summed E-state index contributed by atoms with van der Waals surface area (Å²) in [5, 5.41) is 13.1. The van der Waals surface area contributed by atoms with E-state index in [-0.39, 0.29) is 0 Å². The highest BCUT2D eigenvalue weighted by Crippen LogP contribution is 2.21. The fraction of sp³-hybridized carbons (Fsp3) is 0.200. The summed E-state index contributed by atoms with van der Waals surface area (Å²) in [6, 6.07) is 13.5. The minimum absolute atomic E-state index is 0.318. The van der Waals surface area contributed by atoms with Crippen LogP contribution in [0.3, 0.4) is 0 Å². The van der Waals surface area contributed by atoms with Crippen LogP contribution in [-0.2, 0) is 13.1 Å². The molecule has 0 fully saturated rings. The molecule has 0 unspecified atom stereocenters. The van der Waals surface area contributed by atoms with E-state index in [0.717, 1.165) is 22.4 Å². The maximum atomic E-state index is 9.77. The van der Waals surface area contributed by atoms with Gasteiger partial charge in [-0.2, -0.15) is 0 Å². The van der Waals surface area contributed by atoms with Crippen molar-refractivity contribution in [3.63, 3.8) is 0 Å². The number of nitrogens with two attached hydrogens (primary N) is 1. The zero-order valence-electron chi connectivity index (χ0n) is 10.5. The number of benzene rings is 2. The number of para-hydroxylation sites is 1. The summed E-state index contributed by atoms with van der Waals surface area (Å²) in [5.41, 5.74) is 9.80. The number of phenols is 1. The Hall–Kier alpha value is -2.00. The molecular weight excluding hydrogens is 224 g/mol. The normalized spacial score (nSPS) is 10.3. The van der Waals surface area contributed by atoms with Gasteiger partial charge in [0.15, 0.2) is 0 Å². The number of anilines is 1. The molecular formula is C15H18N2O. The van der Waals surface area contributed by atoms with E-state index in [9.17, 15) is 5.11 Å². The van der Waals surface area contributed by atoms with Crippen LogP contribution in [0.15, 0.2) is 42.5 Å². The highest BCUT2D eigenvalue weighted by Gasteiger charge is 2.03. The van der Waals surface area contributed by atoms with E-state index >= 15 is 0 Å². The molecule has 0 radical (unpaired) electrons. The standard InChI is InChI=1S/C15H18N2O/c1-11-6-7-15(18)13(8-11)10-17-14-5-3-2-4-12(14)9-16/h2-8,17-18H,9-10,16H2,1H3. The van der Waals surface area contributed by atoms with Crippen LogP contribution < -0.4 is 11.1 Å². The minimum Gasteiger partial charge on any atom is -0.508 e. The van der Waals surface area contributed by atoms with Gasteiger partial charge in [-0.1, -0.05) is 35.9 Å². The number of rotatable bonds is 4. The molecule has 0 spiro atoms. The Balaban J connectivity index is 2.14. The van der Waals surface area contributed by atoms with Crippen molar-refractivity contribution in [2.24, 2.45) is 5.73 Å². The molecule has 94 valence electrons. The molecule has 2 aromatic rings. The Morgan fingerprint density at radius 2 is 1.89 bits per heavy atom. The number of aromatic hydroxyl groups is 1. The van der Waals surface area contributed by atoms with Gasteiger partial charge in [0.25, 0.3) is 0 Å². The van der Waals surface area contributed by atoms with Gasteiger partial charge >= 0.3 is 0 Å². The quantitative estimate of drug-likeness (QED) is 0.772. The van der Waals surface area contributed by atoms with Crippen LogP contribution in [0.1, 0.15) is 16.7 Å². The topological polar surface area (TPSA) is 58.3 Å². The van der Waals surface area contributed by atoms with E-state index in [0.29, 0.717) is 18.8 Å². The van der Waals surface area contributed by atoms with Gasteiger partial charge in [-0.3, -0.25) is 0 Å². The number of aryl methyl sites for hydroxylation is 1. The minimum atomic E-state index is 0.318. The summed E-state index contributed by atoms with van der Waals surface area (Å²) in [4.78, 5) is 0. The molecule has 4 N–H and O–H groups in total. The van der Waals surface area contributed by atoms with Gasteiger partial charge in [-0.15, -0.1) is 0 Å². The van der Waals surface area contributed by atoms with Crippen molar-refractivity contribution in [1.29, 1.82) is 0 Å². The van der Waals surface area contributed by atoms with Crippen molar-refractivity contribution in [3.8, 4) is 5.75 Å². The van der Waals surface area contributed by atoms with Crippen molar-refractivity contribution in [2.45, 2.75) is 20.0 Å². The van der Waals surface area contributed by atoms with Crippen molar-refractivity contribution in [1.82, 2.24) is 0 Å².